The maximum atomic E-state index is 12.2. The van der Waals surface area contributed by atoms with E-state index in [0.717, 1.165) is 25.9 Å². The summed E-state index contributed by atoms with van der Waals surface area (Å²) >= 11 is 0. The molecule has 0 unspecified atom stereocenters. The molecule has 2 rings (SSSR count). The standard InChI is InChI=1S/C13H20N4O3S/c14-10-11-12(4-3-6-15-11)21(19,20)16-7-5-13(18)17-8-1-2-9-17/h3-4,6,16H,1-2,5,7-10,14H2. The highest BCUT2D eigenvalue weighted by molar-refractivity contribution is 7.89. The first-order valence-electron chi connectivity index (χ1n) is 6.96. The molecule has 7 nitrogen and oxygen atoms in total. The molecule has 0 radical (unpaired) electrons. The van der Waals surface area contributed by atoms with Crippen LogP contribution in [0.1, 0.15) is 25.0 Å². The van der Waals surface area contributed by atoms with Crippen LogP contribution in [-0.4, -0.2) is 43.8 Å². The van der Waals surface area contributed by atoms with Gasteiger partial charge in [-0.2, -0.15) is 0 Å². The topological polar surface area (TPSA) is 105 Å². The van der Waals surface area contributed by atoms with Crippen molar-refractivity contribution in [1.82, 2.24) is 14.6 Å². The minimum Gasteiger partial charge on any atom is -0.343 e. The average molecular weight is 312 g/mol. The molecule has 116 valence electrons. The van der Waals surface area contributed by atoms with E-state index in [1.165, 1.54) is 12.3 Å². The summed E-state index contributed by atoms with van der Waals surface area (Å²) in [4.78, 5) is 17.6. The van der Waals surface area contributed by atoms with Gasteiger partial charge in [-0.1, -0.05) is 0 Å². The number of hydrogen-bond donors (Lipinski definition) is 2. The number of amides is 1. The molecular formula is C13H20N4O3S. The smallest absolute Gasteiger partial charge is 0.242 e. The van der Waals surface area contributed by atoms with Gasteiger partial charge in [0.15, 0.2) is 0 Å². The largest absolute Gasteiger partial charge is 0.343 e. The Hall–Kier alpha value is -1.51. The third-order valence-corrected chi connectivity index (χ3v) is 4.96. The number of carbonyl (C=O) groups is 1. The van der Waals surface area contributed by atoms with Crippen molar-refractivity contribution in [2.45, 2.75) is 30.7 Å². The van der Waals surface area contributed by atoms with Crippen LogP contribution in [0.25, 0.3) is 0 Å². The summed E-state index contributed by atoms with van der Waals surface area (Å²) in [5.74, 6) is -0.0135. The fraction of sp³-hybridized carbons (Fsp3) is 0.538. The van der Waals surface area contributed by atoms with Crippen LogP contribution in [0.4, 0.5) is 0 Å². The molecular weight excluding hydrogens is 292 g/mol. The summed E-state index contributed by atoms with van der Waals surface area (Å²) in [6, 6.07) is 3.00. The molecule has 0 bridgehead atoms. The summed E-state index contributed by atoms with van der Waals surface area (Å²) < 4.78 is 26.8. The maximum absolute atomic E-state index is 12.2. The highest BCUT2D eigenvalue weighted by atomic mass is 32.2. The van der Waals surface area contributed by atoms with Gasteiger partial charge >= 0.3 is 0 Å². The highest BCUT2D eigenvalue weighted by Crippen LogP contribution is 2.12. The lowest BCUT2D eigenvalue weighted by atomic mass is 10.3. The Bertz CT molecular complexity index is 597. The van der Waals surface area contributed by atoms with Gasteiger partial charge < -0.3 is 10.6 Å². The van der Waals surface area contributed by atoms with Crippen molar-refractivity contribution in [3.05, 3.63) is 24.0 Å². The van der Waals surface area contributed by atoms with Crippen molar-refractivity contribution < 1.29 is 13.2 Å². The van der Waals surface area contributed by atoms with Crippen LogP contribution in [0, 0.1) is 0 Å². The number of pyridine rings is 1. The van der Waals surface area contributed by atoms with E-state index in [4.69, 9.17) is 5.73 Å². The van der Waals surface area contributed by atoms with E-state index in [1.54, 1.807) is 11.0 Å². The summed E-state index contributed by atoms with van der Waals surface area (Å²) in [5.41, 5.74) is 5.81. The molecule has 1 aromatic heterocycles. The fourth-order valence-corrected chi connectivity index (χ4v) is 3.55. The molecule has 0 spiro atoms. The second-order valence-corrected chi connectivity index (χ2v) is 6.62. The zero-order valence-corrected chi connectivity index (χ0v) is 12.6. The van der Waals surface area contributed by atoms with Crippen LogP contribution in [0.15, 0.2) is 23.2 Å². The fourth-order valence-electron chi connectivity index (χ4n) is 2.32. The molecule has 3 N–H and O–H groups in total. The Morgan fingerprint density at radius 3 is 2.76 bits per heavy atom. The molecule has 2 heterocycles. The normalized spacial score (nSPS) is 15.4. The Balaban J connectivity index is 1.93. The third kappa shape index (κ3) is 3.99. The van der Waals surface area contributed by atoms with Crippen LogP contribution < -0.4 is 10.5 Å². The van der Waals surface area contributed by atoms with E-state index in [-0.39, 0.29) is 30.3 Å². The van der Waals surface area contributed by atoms with E-state index in [2.05, 4.69) is 9.71 Å². The number of hydrogen-bond acceptors (Lipinski definition) is 5. The Morgan fingerprint density at radius 1 is 1.38 bits per heavy atom. The van der Waals surface area contributed by atoms with Gasteiger partial charge in [0, 0.05) is 38.8 Å². The van der Waals surface area contributed by atoms with E-state index < -0.39 is 10.0 Å². The van der Waals surface area contributed by atoms with Crippen LogP contribution in [0.5, 0.6) is 0 Å². The summed E-state index contributed by atoms with van der Waals surface area (Å²) in [6.45, 7) is 1.66. The van der Waals surface area contributed by atoms with Crippen LogP contribution in [0.2, 0.25) is 0 Å². The van der Waals surface area contributed by atoms with E-state index >= 15 is 0 Å². The van der Waals surface area contributed by atoms with Gasteiger partial charge in [0.25, 0.3) is 0 Å². The number of nitrogens with zero attached hydrogens (tertiary/aromatic N) is 2. The van der Waals surface area contributed by atoms with Crippen LogP contribution in [0.3, 0.4) is 0 Å². The molecule has 1 aliphatic heterocycles. The Kier molecular flexibility index (Phi) is 5.27. The lowest BCUT2D eigenvalue weighted by molar-refractivity contribution is -0.129. The SMILES string of the molecule is NCc1ncccc1S(=O)(=O)NCCC(=O)N1CCCC1. The molecule has 0 saturated carbocycles. The molecule has 1 aromatic rings. The molecule has 1 aliphatic rings. The van der Waals surface area contributed by atoms with Gasteiger partial charge in [-0.15, -0.1) is 0 Å². The molecule has 21 heavy (non-hydrogen) atoms. The lowest BCUT2D eigenvalue weighted by Crippen LogP contribution is -2.33. The minimum atomic E-state index is -3.69. The van der Waals surface area contributed by atoms with Crippen molar-refractivity contribution >= 4 is 15.9 Å². The summed E-state index contributed by atoms with van der Waals surface area (Å²) in [5, 5.41) is 0. The van der Waals surface area contributed by atoms with Crippen molar-refractivity contribution in [3.8, 4) is 0 Å². The second-order valence-electron chi connectivity index (χ2n) is 4.89. The summed E-state index contributed by atoms with van der Waals surface area (Å²) in [7, 11) is -3.69. The van der Waals surface area contributed by atoms with Crippen LogP contribution >= 0.6 is 0 Å². The van der Waals surface area contributed by atoms with Crippen molar-refractivity contribution in [2.75, 3.05) is 19.6 Å². The molecule has 8 heteroatoms. The molecule has 1 fully saturated rings. The van der Waals surface area contributed by atoms with E-state index in [9.17, 15) is 13.2 Å². The first-order chi connectivity index (χ1) is 10.0. The third-order valence-electron chi connectivity index (χ3n) is 3.42. The van der Waals surface area contributed by atoms with Crippen molar-refractivity contribution in [3.63, 3.8) is 0 Å². The molecule has 1 saturated heterocycles. The number of likely N-dealkylation sites (tertiary alicyclic amines) is 1. The van der Waals surface area contributed by atoms with Gasteiger partial charge in [0.05, 0.1) is 5.69 Å². The molecule has 1 amide bonds. The van der Waals surface area contributed by atoms with Gasteiger partial charge in [-0.3, -0.25) is 9.78 Å². The number of nitrogens with two attached hydrogens (primary N) is 1. The first kappa shape index (κ1) is 15.9. The monoisotopic (exact) mass is 312 g/mol. The van der Waals surface area contributed by atoms with Crippen LogP contribution in [-0.2, 0) is 21.4 Å². The van der Waals surface area contributed by atoms with Gasteiger partial charge in [-0.05, 0) is 25.0 Å². The van der Waals surface area contributed by atoms with Gasteiger partial charge in [0.2, 0.25) is 15.9 Å². The highest BCUT2D eigenvalue weighted by Gasteiger charge is 2.21. The zero-order chi connectivity index (χ0) is 15.3. The predicted octanol–water partition coefficient (Wildman–Crippen LogP) is -0.169. The minimum absolute atomic E-state index is 0.0135. The van der Waals surface area contributed by atoms with Gasteiger partial charge in [0.1, 0.15) is 4.90 Å². The van der Waals surface area contributed by atoms with Crippen molar-refractivity contribution in [1.29, 1.82) is 0 Å². The summed E-state index contributed by atoms with van der Waals surface area (Å²) in [6.07, 6.45) is 3.70. The zero-order valence-electron chi connectivity index (χ0n) is 11.8. The van der Waals surface area contributed by atoms with Crippen molar-refractivity contribution in [2.24, 2.45) is 5.73 Å². The Labute approximate surface area is 124 Å². The lowest BCUT2D eigenvalue weighted by Gasteiger charge is -2.15. The number of sulfonamides is 1. The number of carbonyl (C=O) groups excluding carboxylic acids is 1. The molecule has 0 aliphatic carbocycles. The number of aromatic nitrogens is 1. The quantitative estimate of drug-likeness (QED) is 0.759. The number of nitrogens with one attached hydrogen (secondary N) is 1. The number of rotatable bonds is 6. The van der Waals surface area contributed by atoms with Gasteiger partial charge in [-0.25, -0.2) is 13.1 Å². The first-order valence-corrected chi connectivity index (χ1v) is 8.44. The van der Waals surface area contributed by atoms with E-state index in [0.29, 0.717) is 5.69 Å². The molecule has 0 aromatic carbocycles. The second kappa shape index (κ2) is 6.97. The van der Waals surface area contributed by atoms with E-state index in [1.807, 2.05) is 0 Å². The average Bonchev–Trinajstić information content (AvgIpc) is 3.01. The Morgan fingerprint density at radius 2 is 2.10 bits per heavy atom. The predicted molar refractivity (Wildman–Crippen MR) is 77.7 cm³/mol. The maximum Gasteiger partial charge on any atom is 0.242 e. The molecule has 0 atom stereocenters.